The second-order valence-electron chi connectivity index (χ2n) is 3.98. The monoisotopic (exact) mass is 238 g/mol. The van der Waals surface area contributed by atoms with Gasteiger partial charge in [0.2, 0.25) is 0 Å². The van der Waals surface area contributed by atoms with Gasteiger partial charge in [0.05, 0.1) is 13.2 Å². The van der Waals surface area contributed by atoms with E-state index in [0.717, 1.165) is 24.2 Å². The van der Waals surface area contributed by atoms with Gasteiger partial charge in [-0.3, -0.25) is 0 Å². The van der Waals surface area contributed by atoms with Crippen LogP contribution in [-0.4, -0.2) is 24.9 Å². The number of hydrogen-bond acceptors (Lipinski definition) is 3. The van der Waals surface area contributed by atoms with Crippen molar-refractivity contribution < 1.29 is 14.6 Å². The van der Waals surface area contributed by atoms with E-state index in [4.69, 9.17) is 9.47 Å². The summed E-state index contributed by atoms with van der Waals surface area (Å²) in [6.45, 7) is 5.77. The first-order valence-electron chi connectivity index (χ1n) is 6.27. The fourth-order valence-corrected chi connectivity index (χ4v) is 1.53. The van der Waals surface area contributed by atoms with Gasteiger partial charge in [-0.05, 0) is 18.9 Å². The van der Waals surface area contributed by atoms with Crippen molar-refractivity contribution >= 4 is 0 Å². The quantitative estimate of drug-likeness (QED) is 0.708. The minimum absolute atomic E-state index is 0.320. The molecule has 1 atom stereocenters. The Kier molecular flexibility index (Phi) is 6.67. The molecule has 0 aromatic heterocycles. The van der Waals surface area contributed by atoms with Crippen LogP contribution >= 0.6 is 0 Å². The summed E-state index contributed by atoms with van der Waals surface area (Å²) in [4.78, 5) is 0. The number of para-hydroxylation sites is 1. The first kappa shape index (κ1) is 14.0. The highest BCUT2D eigenvalue weighted by Crippen LogP contribution is 2.25. The van der Waals surface area contributed by atoms with Crippen molar-refractivity contribution in [1.29, 1.82) is 0 Å². The molecule has 0 aliphatic heterocycles. The maximum absolute atomic E-state index is 10.0. The molecular weight excluding hydrogens is 216 g/mol. The fraction of sp³-hybridized carbons (Fsp3) is 0.571. The number of ether oxygens (including phenoxy) is 2. The van der Waals surface area contributed by atoms with Crippen LogP contribution in [-0.2, 0) is 4.74 Å². The van der Waals surface area contributed by atoms with Gasteiger partial charge in [-0.25, -0.2) is 0 Å². The van der Waals surface area contributed by atoms with Gasteiger partial charge in [0.15, 0.2) is 0 Å². The Morgan fingerprint density at radius 2 is 1.82 bits per heavy atom. The van der Waals surface area contributed by atoms with Gasteiger partial charge < -0.3 is 14.6 Å². The Labute approximate surface area is 103 Å². The molecule has 0 radical (unpaired) electrons. The highest BCUT2D eigenvalue weighted by atomic mass is 16.5. The van der Waals surface area contributed by atoms with Crippen LogP contribution in [0.4, 0.5) is 0 Å². The van der Waals surface area contributed by atoms with Crippen molar-refractivity contribution in [3.63, 3.8) is 0 Å². The predicted molar refractivity (Wildman–Crippen MR) is 68.3 cm³/mol. The van der Waals surface area contributed by atoms with E-state index in [0.29, 0.717) is 19.8 Å². The van der Waals surface area contributed by atoms with E-state index in [1.807, 2.05) is 31.2 Å². The van der Waals surface area contributed by atoms with E-state index in [-0.39, 0.29) is 0 Å². The number of aliphatic hydroxyl groups excluding tert-OH is 1. The average Bonchev–Trinajstić information content (AvgIpc) is 2.37. The van der Waals surface area contributed by atoms with Gasteiger partial charge in [-0.2, -0.15) is 0 Å². The van der Waals surface area contributed by atoms with Crippen LogP contribution in [0.25, 0.3) is 0 Å². The number of aliphatic hydroxyl groups is 1. The number of rotatable bonds is 8. The highest BCUT2D eigenvalue weighted by Gasteiger charge is 2.12. The summed E-state index contributed by atoms with van der Waals surface area (Å²) < 4.78 is 11.0. The van der Waals surface area contributed by atoms with Crippen LogP contribution in [0.15, 0.2) is 24.3 Å². The van der Waals surface area contributed by atoms with Crippen molar-refractivity contribution in [3.05, 3.63) is 29.8 Å². The smallest absolute Gasteiger partial charge is 0.125 e. The van der Waals surface area contributed by atoms with Gasteiger partial charge in [0, 0.05) is 12.2 Å². The maximum Gasteiger partial charge on any atom is 0.125 e. The third-order valence-electron chi connectivity index (χ3n) is 2.36. The van der Waals surface area contributed by atoms with E-state index < -0.39 is 6.10 Å². The Morgan fingerprint density at radius 3 is 2.53 bits per heavy atom. The molecule has 3 heteroatoms. The highest BCUT2D eigenvalue weighted by molar-refractivity contribution is 5.35. The van der Waals surface area contributed by atoms with Crippen molar-refractivity contribution in [1.82, 2.24) is 0 Å². The van der Waals surface area contributed by atoms with E-state index in [2.05, 4.69) is 6.92 Å². The minimum atomic E-state index is -0.616. The number of benzene rings is 1. The Morgan fingerprint density at radius 1 is 1.12 bits per heavy atom. The van der Waals surface area contributed by atoms with Crippen molar-refractivity contribution in [2.24, 2.45) is 0 Å². The molecule has 0 saturated carbocycles. The van der Waals surface area contributed by atoms with E-state index in [9.17, 15) is 5.11 Å². The molecule has 0 aliphatic rings. The largest absolute Gasteiger partial charge is 0.493 e. The zero-order valence-corrected chi connectivity index (χ0v) is 10.7. The second-order valence-corrected chi connectivity index (χ2v) is 3.98. The van der Waals surface area contributed by atoms with Crippen LogP contribution in [0, 0.1) is 0 Å². The second kappa shape index (κ2) is 8.09. The summed E-state index contributed by atoms with van der Waals surface area (Å²) in [6, 6.07) is 7.57. The predicted octanol–water partition coefficient (Wildman–Crippen LogP) is 2.94. The molecule has 0 aliphatic carbocycles. The zero-order chi connectivity index (χ0) is 12.5. The van der Waals surface area contributed by atoms with Crippen LogP contribution in [0.3, 0.4) is 0 Å². The van der Waals surface area contributed by atoms with Gasteiger partial charge in [-0.1, -0.05) is 32.0 Å². The van der Waals surface area contributed by atoms with Gasteiger partial charge >= 0.3 is 0 Å². The summed E-state index contributed by atoms with van der Waals surface area (Å²) in [5.41, 5.74) is 0.803. The molecule has 0 heterocycles. The maximum atomic E-state index is 10.0. The Hall–Kier alpha value is -1.06. The summed E-state index contributed by atoms with van der Waals surface area (Å²) in [5.74, 6) is 0.752. The molecule has 17 heavy (non-hydrogen) atoms. The molecule has 1 aromatic carbocycles. The fourth-order valence-electron chi connectivity index (χ4n) is 1.53. The van der Waals surface area contributed by atoms with Crippen LogP contribution in [0.1, 0.15) is 38.4 Å². The topological polar surface area (TPSA) is 38.7 Å². The van der Waals surface area contributed by atoms with E-state index in [1.165, 1.54) is 0 Å². The summed E-state index contributed by atoms with van der Waals surface area (Å²) in [7, 11) is 0. The Bertz CT molecular complexity index is 312. The van der Waals surface area contributed by atoms with Gasteiger partial charge in [-0.15, -0.1) is 0 Å². The lowest BCUT2D eigenvalue weighted by Crippen LogP contribution is -2.10. The van der Waals surface area contributed by atoms with Crippen LogP contribution < -0.4 is 4.74 Å². The molecule has 0 amide bonds. The van der Waals surface area contributed by atoms with Crippen LogP contribution in [0.5, 0.6) is 5.75 Å². The molecule has 3 nitrogen and oxygen atoms in total. The van der Waals surface area contributed by atoms with E-state index in [1.54, 1.807) is 0 Å². The molecule has 0 spiro atoms. The summed E-state index contributed by atoms with van der Waals surface area (Å²) >= 11 is 0. The van der Waals surface area contributed by atoms with Gasteiger partial charge in [0.1, 0.15) is 11.9 Å². The molecule has 1 unspecified atom stereocenters. The van der Waals surface area contributed by atoms with Crippen LogP contribution in [0.2, 0.25) is 0 Å². The molecule has 1 aromatic rings. The minimum Gasteiger partial charge on any atom is -0.493 e. The lowest BCUT2D eigenvalue weighted by molar-refractivity contribution is 0.0349. The lowest BCUT2D eigenvalue weighted by Gasteiger charge is -2.16. The lowest BCUT2D eigenvalue weighted by atomic mass is 10.1. The molecule has 0 fully saturated rings. The first-order chi connectivity index (χ1) is 8.29. The van der Waals surface area contributed by atoms with Gasteiger partial charge in [0.25, 0.3) is 0 Å². The average molecular weight is 238 g/mol. The molecule has 96 valence electrons. The molecule has 1 N–H and O–H groups in total. The summed E-state index contributed by atoms with van der Waals surface area (Å²) in [5, 5.41) is 10.0. The third kappa shape index (κ3) is 4.75. The number of hydrogen-bond donors (Lipinski definition) is 1. The molecular formula is C14H22O3. The first-order valence-corrected chi connectivity index (χ1v) is 6.27. The normalized spacial score (nSPS) is 12.4. The SMILES string of the molecule is CCCOCC(O)c1ccccc1OCCC. The zero-order valence-electron chi connectivity index (χ0n) is 10.7. The van der Waals surface area contributed by atoms with Crippen molar-refractivity contribution in [2.75, 3.05) is 19.8 Å². The van der Waals surface area contributed by atoms with Crippen molar-refractivity contribution in [3.8, 4) is 5.75 Å². The molecule has 0 bridgehead atoms. The summed E-state index contributed by atoms with van der Waals surface area (Å²) in [6.07, 6.45) is 1.30. The molecule has 1 rings (SSSR count). The third-order valence-corrected chi connectivity index (χ3v) is 2.36. The van der Waals surface area contributed by atoms with E-state index >= 15 is 0 Å². The standard InChI is InChI=1S/C14H22O3/c1-3-9-16-11-13(15)12-7-5-6-8-14(12)17-10-4-2/h5-8,13,15H,3-4,9-11H2,1-2H3. The van der Waals surface area contributed by atoms with Crippen molar-refractivity contribution in [2.45, 2.75) is 32.8 Å². The Balaban J connectivity index is 2.60. The molecule has 0 saturated heterocycles.